The molecule has 0 radical (unpaired) electrons. The average molecular weight is 209 g/mol. The van der Waals surface area contributed by atoms with Crippen LogP contribution < -0.4 is 0 Å². The molecule has 0 saturated heterocycles. The lowest BCUT2D eigenvalue weighted by atomic mass is 10.7. The SMILES string of the molecule is CS(=O)(=O)c1cnn(CCCl)c1. The molecule has 0 bridgehead atoms. The van der Waals surface area contributed by atoms with Gasteiger partial charge in [0, 0.05) is 18.3 Å². The van der Waals surface area contributed by atoms with E-state index in [1.807, 2.05) is 0 Å². The summed E-state index contributed by atoms with van der Waals surface area (Å²) >= 11 is 5.45. The van der Waals surface area contributed by atoms with E-state index in [1.54, 1.807) is 0 Å². The monoisotopic (exact) mass is 208 g/mol. The third-order valence-corrected chi connectivity index (χ3v) is 2.59. The maximum Gasteiger partial charge on any atom is 0.178 e. The minimum absolute atomic E-state index is 0.229. The molecule has 1 rings (SSSR count). The van der Waals surface area contributed by atoms with Crippen molar-refractivity contribution in [2.24, 2.45) is 0 Å². The number of alkyl halides is 1. The van der Waals surface area contributed by atoms with Gasteiger partial charge in [0.1, 0.15) is 4.90 Å². The van der Waals surface area contributed by atoms with Crippen molar-refractivity contribution in [2.75, 3.05) is 12.1 Å². The first-order chi connectivity index (χ1) is 5.54. The van der Waals surface area contributed by atoms with Gasteiger partial charge in [-0.15, -0.1) is 11.6 Å². The van der Waals surface area contributed by atoms with Gasteiger partial charge in [0.25, 0.3) is 0 Å². The maximum atomic E-state index is 11.0. The predicted molar refractivity (Wildman–Crippen MR) is 46.1 cm³/mol. The van der Waals surface area contributed by atoms with Gasteiger partial charge in [-0.25, -0.2) is 8.42 Å². The summed E-state index contributed by atoms with van der Waals surface area (Å²) in [6, 6.07) is 0. The summed E-state index contributed by atoms with van der Waals surface area (Å²) in [5.41, 5.74) is 0. The molecule has 0 aromatic carbocycles. The molecule has 0 unspecified atom stereocenters. The topological polar surface area (TPSA) is 52.0 Å². The summed E-state index contributed by atoms with van der Waals surface area (Å²) in [7, 11) is -3.13. The van der Waals surface area contributed by atoms with Gasteiger partial charge in [-0.1, -0.05) is 0 Å². The fourth-order valence-electron chi connectivity index (χ4n) is 0.745. The molecule has 6 heteroatoms. The Morgan fingerprint density at radius 2 is 2.33 bits per heavy atom. The van der Waals surface area contributed by atoms with Crippen molar-refractivity contribution in [1.29, 1.82) is 0 Å². The molecule has 0 saturated carbocycles. The first-order valence-corrected chi connectivity index (χ1v) is 5.75. The van der Waals surface area contributed by atoms with E-state index >= 15 is 0 Å². The molecule has 0 amide bonds. The van der Waals surface area contributed by atoms with E-state index in [0.717, 1.165) is 6.26 Å². The Kier molecular flexibility index (Phi) is 2.74. The third kappa shape index (κ3) is 2.22. The van der Waals surface area contributed by atoms with Crippen molar-refractivity contribution in [1.82, 2.24) is 9.78 Å². The second-order valence-electron chi connectivity index (χ2n) is 2.40. The minimum atomic E-state index is -3.13. The summed E-state index contributed by atoms with van der Waals surface area (Å²) < 4.78 is 23.4. The molecule has 12 heavy (non-hydrogen) atoms. The van der Waals surface area contributed by atoms with E-state index in [2.05, 4.69) is 5.10 Å². The Bertz CT molecular complexity index is 357. The van der Waals surface area contributed by atoms with Crippen molar-refractivity contribution in [3.63, 3.8) is 0 Å². The van der Waals surface area contributed by atoms with Crippen molar-refractivity contribution < 1.29 is 8.42 Å². The standard InChI is InChI=1S/C6H9ClN2O2S/c1-12(10,11)6-4-8-9(5-6)3-2-7/h4-5H,2-3H2,1H3. The van der Waals surface area contributed by atoms with E-state index in [1.165, 1.54) is 17.1 Å². The lowest BCUT2D eigenvalue weighted by Crippen LogP contribution is -1.99. The number of rotatable bonds is 3. The highest BCUT2D eigenvalue weighted by molar-refractivity contribution is 7.90. The van der Waals surface area contributed by atoms with E-state index in [4.69, 9.17) is 11.6 Å². The summed E-state index contributed by atoms with van der Waals surface area (Å²) in [4.78, 5) is 0.229. The lowest BCUT2D eigenvalue weighted by Gasteiger charge is -1.93. The smallest absolute Gasteiger partial charge is 0.178 e. The summed E-state index contributed by atoms with van der Waals surface area (Å²) in [6.07, 6.45) is 3.94. The van der Waals surface area contributed by atoms with Crippen LogP contribution in [0.15, 0.2) is 17.3 Å². The van der Waals surface area contributed by atoms with Crippen LogP contribution >= 0.6 is 11.6 Å². The van der Waals surface area contributed by atoms with Gasteiger partial charge >= 0.3 is 0 Å². The van der Waals surface area contributed by atoms with E-state index < -0.39 is 9.84 Å². The summed E-state index contributed by atoms with van der Waals surface area (Å²) in [5.74, 6) is 0.422. The first-order valence-electron chi connectivity index (χ1n) is 3.32. The van der Waals surface area contributed by atoms with Crippen molar-refractivity contribution in [2.45, 2.75) is 11.4 Å². The lowest BCUT2D eigenvalue weighted by molar-refractivity contribution is 0.601. The minimum Gasteiger partial charge on any atom is -0.270 e. The number of hydrogen-bond donors (Lipinski definition) is 0. The number of nitrogens with zero attached hydrogens (tertiary/aromatic N) is 2. The van der Waals surface area contributed by atoms with Crippen LogP contribution in [0.5, 0.6) is 0 Å². The molecule has 1 aromatic heterocycles. The van der Waals surface area contributed by atoms with Crippen LogP contribution in [0.3, 0.4) is 0 Å². The Labute approximate surface area is 76.1 Å². The molecule has 0 aliphatic rings. The average Bonchev–Trinajstić information content (AvgIpc) is 2.35. The van der Waals surface area contributed by atoms with Crippen LogP contribution in [0, 0.1) is 0 Å². The molecule has 0 atom stereocenters. The van der Waals surface area contributed by atoms with Crippen molar-refractivity contribution in [3.05, 3.63) is 12.4 Å². The number of halogens is 1. The molecular formula is C6H9ClN2O2S. The molecule has 1 heterocycles. The van der Waals surface area contributed by atoms with Crippen molar-refractivity contribution in [3.8, 4) is 0 Å². The fraction of sp³-hybridized carbons (Fsp3) is 0.500. The van der Waals surface area contributed by atoms with Gasteiger partial charge < -0.3 is 0 Å². The number of hydrogen-bond acceptors (Lipinski definition) is 3. The molecule has 4 nitrogen and oxygen atoms in total. The van der Waals surface area contributed by atoms with Crippen LogP contribution in [0.4, 0.5) is 0 Å². The Balaban J connectivity index is 2.92. The quantitative estimate of drug-likeness (QED) is 0.681. The Morgan fingerprint density at radius 3 is 2.75 bits per heavy atom. The summed E-state index contributed by atoms with van der Waals surface area (Å²) in [6.45, 7) is 0.525. The van der Waals surface area contributed by atoms with E-state index in [-0.39, 0.29) is 4.90 Å². The van der Waals surface area contributed by atoms with Crippen molar-refractivity contribution >= 4 is 21.4 Å². The van der Waals surface area contributed by atoms with Crippen LogP contribution in [0.2, 0.25) is 0 Å². The van der Waals surface area contributed by atoms with Crippen LogP contribution in [-0.2, 0) is 16.4 Å². The maximum absolute atomic E-state index is 11.0. The van der Waals surface area contributed by atoms with Crippen LogP contribution in [0.1, 0.15) is 0 Å². The molecule has 0 N–H and O–H groups in total. The fourth-order valence-corrected chi connectivity index (χ4v) is 1.47. The number of sulfone groups is 1. The first kappa shape index (κ1) is 9.54. The van der Waals surface area contributed by atoms with Gasteiger partial charge in [-0.3, -0.25) is 4.68 Å². The van der Waals surface area contributed by atoms with E-state index in [0.29, 0.717) is 12.4 Å². The van der Waals surface area contributed by atoms with Gasteiger partial charge in [-0.2, -0.15) is 5.10 Å². The normalized spacial score (nSPS) is 11.8. The second-order valence-corrected chi connectivity index (χ2v) is 4.79. The molecule has 0 fully saturated rings. The second kappa shape index (κ2) is 3.45. The highest BCUT2D eigenvalue weighted by Gasteiger charge is 2.08. The number of aryl methyl sites for hydroxylation is 1. The van der Waals surface area contributed by atoms with Crippen LogP contribution in [-0.4, -0.2) is 30.3 Å². The largest absolute Gasteiger partial charge is 0.270 e. The van der Waals surface area contributed by atoms with Crippen LogP contribution in [0.25, 0.3) is 0 Å². The zero-order valence-electron chi connectivity index (χ0n) is 6.57. The number of aromatic nitrogens is 2. The third-order valence-electron chi connectivity index (χ3n) is 1.35. The van der Waals surface area contributed by atoms with Gasteiger partial charge in [0.2, 0.25) is 0 Å². The molecular weight excluding hydrogens is 200 g/mol. The Morgan fingerprint density at radius 1 is 1.67 bits per heavy atom. The molecule has 0 spiro atoms. The van der Waals surface area contributed by atoms with Gasteiger partial charge in [0.15, 0.2) is 9.84 Å². The van der Waals surface area contributed by atoms with Gasteiger partial charge in [0.05, 0.1) is 12.7 Å². The van der Waals surface area contributed by atoms with Gasteiger partial charge in [-0.05, 0) is 0 Å². The highest BCUT2D eigenvalue weighted by Crippen LogP contribution is 2.05. The molecule has 68 valence electrons. The predicted octanol–water partition coefficient (Wildman–Crippen LogP) is 0.525. The highest BCUT2D eigenvalue weighted by atomic mass is 35.5. The zero-order valence-corrected chi connectivity index (χ0v) is 8.14. The Hall–Kier alpha value is -0.550. The molecule has 1 aromatic rings. The summed E-state index contributed by atoms with van der Waals surface area (Å²) in [5, 5.41) is 3.83. The molecule has 0 aliphatic heterocycles. The zero-order chi connectivity index (χ0) is 9.19. The molecule has 0 aliphatic carbocycles. The van der Waals surface area contributed by atoms with E-state index in [9.17, 15) is 8.42 Å².